The predicted molar refractivity (Wildman–Crippen MR) is 81.0 cm³/mol. The van der Waals surface area contributed by atoms with Crippen molar-refractivity contribution in [1.29, 1.82) is 0 Å². The lowest BCUT2D eigenvalue weighted by molar-refractivity contribution is -0.0517. The summed E-state index contributed by atoms with van der Waals surface area (Å²) in [6.45, 7) is 15.2. The third kappa shape index (κ3) is 7.30. The molecule has 0 spiro atoms. The lowest BCUT2D eigenvalue weighted by Crippen LogP contribution is -2.21. The topological polar surface area (TPSA) is 68.5 Å². The highest BCUT2D eigenvalue weighted by Gasteiger charge is 2.37. The first-order chi connectivity index (χ1) is 9.85. The Morgan fingerprint density at radius 3 is 1.35 bits per heavy atom. The fraction of sp³-hybridized carbons (Fsp3) is 0.667. The minimum absolute atomic E-state index is 0.0754. The predicted octanol–water partition coefficient (Wildman–Crippen LogP) is 4.52. The smallest absolute Gasteiger partial charge is 0.485 e. The quantitative estimate of drug-likeness (QED) is 0.389. The van der Waals surface area contributed by atoms with E-state index in [2.05, 4.69) is 60.6 Å². The molecule has 0 saturated carbocycles. The molecule has 1 rings (SSSR count). The van der Waals surface area contributed by atoms with Crippen LogP contribution in [0.4, 0.5) is 13.2 Å². The molecule has 1 aromatic heterocycles. The normalized spacial score (nSPS) is 13.3. The molecule has 134 valence electrons. The van der Waals surface area contributed by atoms with Crippen molar-refractivity contribution >= 4 is 10.1 Å². The van der Waals surface area contributed by atoms with E-state index in [1.165, 1.54) is 5.56 Å². The first kappa shape index (κ1) is 21.9. The number of hydrogen-bond donors (Lipinski definition) is 0. The van der Waals surface area contributed by atoms with Crippen LogP contribution in [0, 0.1) is 6.92 Å². The third-order valence-corrected chi connectivity index (χ3v) is 3.27. The Morgan fingerprint density at radius 1 is 0.913 bits per heavy atom. The first-order valence-corrected chi connectivity index (χ1v) is 8.24. The van der Waals surface area contributed by atoms with E-state index in [1.807, 2.05) is 0 Å². The van der Waals surface area contributed by atoms with Gasteiger partial charge < -0.3 is 4.55 Å². The molecule has 23 heavy (non-hydrogen) atoms. The summed E-state index contributed by atoms with van der Waals surface area (Å²) in [5, 5.41) is 0. The zero-order valence-corrected chi connectivity index (χ0v) is 15.1. The van der Waals surface area contributed by atoms with Crippen molar-refractivity contribution in [2.24, 2.45) is 0 Å². The van der Waals surface area contributed by atoms with Gasteiger partial charge >= 0.3 is 17.0 Å². The summed E-state index contributed by atoms with van der Waals surface area (Å²) in [6, 6.07) is 4.27. The summed E-state index contributed by atoms with van der Waals surface area (Å²) in [6.07, 6.45) is 0. The van der Waals surface area contributed by atoms with Gasteiger partial charge in [-0.1, -0.05) is 0 Å². The molecule has 0 N–H and O–H groups in total. The Bertz CT molecular complexity index is 604. The summed E-state index contributed by atoms with van der Waals surface area (Å²) in [4.78, 5) is 0. The zero-order valence-electron chi connectivity index (χ0n) is 14.3. The molecule has 0 saturated heterocycles. The number of hydrogen-bond acceptors (Lipinski definition) is 3. The minimum atomic E-state index is -6.09. The van der Waals surface area contributed by atoms with Crippen LogP contribution in [0.15, 0.2) is 16.5 Å². The van der Waals surface area contributed by atoms with Gasteiger partial charge in [0.1, 0.15) is 0 Å². The lowest BCUT2D eigenvalue weighted by atomic mass is 9.89. The molecule has 1 aromatic rings. The van der Waals surface area contributed by atoms with Crippen LogP contribution in [-0.2, 0) is 20.9 Å². The molecule has 0 atom stereocenters. The van der Waals surface area contributed by atoms with Crippen LogP contribution in [0.2, 0.25) is 0 Å². The van der Waals surface area contributed by atoms with E-state index in [9.17, 15) is 13.2 Å². The number of halogens is 3. The summed E-state index contributed by atoms with van der Waals surface area (Å²) in [5.41, 5.74) is -4.22. The fourth-order valence-corrected chi connectivity index (χ4v) is 1.37. The largest absolute Gasteiger partial charge is 0.741 e. The number of aryl methyl sites for hydroxylation is 1. The molecule has 0 fully saturated rings. The number of rotatable bonds is 0. The molecule has 0 aliphatic heterocycles. The van der Waals surface area contributed by atoms with Crippen LogP contribution in [0.5, 0.6) is 0 Å². The molecule has 0 unspecified atom stereocenters. The lowest BCUT2D eigenvalue weighted by Gasteiger charge is -2.13. The highest BCUT2D eigenvalue weighted by Crippen LogP contribution is 2.29. The Labute approximate surface area is 135 Å². The summed E-state index contributed by atoms with van der Waals surface area (Å²) in [7, 11) is -6.09. The van der Waals surface area contributed by atoms with Crippen LogP contribution in [-0.4, -0.2) is 18.5 Å². The second kappa shape index (κ2) is 6.76. The van der Waals surface area contributed by atoms with Crippen LogP contribution in [0.25, 0.3) is 0 Å². The van der Waals surface area contributed by atoms with Crippen molar-refractivity contribution in [2.45, 2.75) is 64.8 Å². The number of alkyl halides is 3. The molecule has 0 aromatic carbocycles. The van der Waals surface area contributed by atoms with Gasteiger partial charge in [0.05, 0.1) is 10.8 Å². The van der Waals surface area contributed by atoms with Crippen molar-refractivity contribution in [1.82, 2.24) is 0 Å². The molecule has 0 amide bonds. The average molecular weight is 356 g/mol. The van der Waals surface area contributed by atoms with E-state index in [0.717, 1.165) is 11.5 Å². The maximum Gasteiger partial charge on any atom is 0.485 e. The van der Waals surface area contributed by atoms with Crippen LogP contribution in [0.1, 0.15) is 58.6 Å². The van der Waals surface area contributed by atoms with E-state index in [0.29, 0.717) is 0 Å². The summed E-state index contributed by atoms with van der Waals surface area (Å²) >= 11 is 0. The van der Waals surface area contributed by atoms with E-state index >= 15 is 0 Å². The average Bonchev–Trinajstić information content (AvgIpc) is 2.23. The fourth-order valence-electron chi connectivity index (χ4n) is 1.37. The van der Waals surface area contributed by atoms with Gasteiger partial charge in [0.25, 0.3) is 0 Å². The SMILES string of the molecule is Cc1cc(C(C)(C)C)[o+]c(C(C)(C)C)c1.O=S(=O)([O-])C(F)(F)F. The third-order valence-electron chi connectivity index (χ3n) is 2.70. The molecule has 0 bridgehead atoms. The van der Waals surface area contributed by atoms with Crippen molar-refractivity contribution in [3.63, 3.8) is 0 Å². The van der Waals surface area contributed by atoms with Crippen molar-refractivity contribution in [2.75, 3.05) is 0 Å². The Kier molecular flexibility index (Phi) is 6.43. The summed E-state index contributed by atoms with van der Waals surface area (Å²) < 4.78 is 64.9. The Morgan fingerprint density at radius 2 is 1.17 bits per heavy atom. The van der Waals surface area contributed by atoms with E-state index in [4.69, 9.17) is 17.4 Å². The van der Waals surface area contributed by atoms with Crippen molar-refractivity contribution in [3.05, 3.63) is 29.2 Å². The van der Waals surface area contributed by atoms with E-state index in [-0.39, 0.29) is 10.8 Å². The molecular formula is C15H23F3O4S. The monoisotopic (exact) mass is 356 g/mol. The Balaban J connectivity index is 0.000000515. The molecular weight excluding hydrogens is 333 g/mol. The van der Waals surface area contributed by atoms with Crippen LogP contribution < -0.4 is 0 Å². The standard InChI is InChI=1S/C14H23O.CHF3O3S/c1-10-8-11(13(2,3)4)15-12(9-10)14(5,6)7;2-1(3,4)8(5,6)7/h8-9H,1-7H3;(H,5,6,7)/q+1;/p-1. The van der Waals surface area contributed by atoms with Crippen molar-refractivity contribution in [3.8, 4) is 0 Å². The molecule has 0 aliphatic carbocycles. The van der Waals surface area contributed by atoms with Crippen LogP contribution >= 0.6 is 0 Å². The van der Waals surface area contributed by atoms with Gasteiger partial charge in [-0.2, -0.15) is 13.2 Å². The van der Waals surface area contributed by atoms with Gasteiger partial charge in [0.15, 0.2) is 10.1 Å². The highest BCUT2D eigenvalue weighted by atomic mass is 32.2. The minimum Gasteiger partial charge on any atom is -0.741 e. The van der Waals surface area contributed by atoms with Crippen LogP contribution in [0.3, 0.4) is 0 Å². The van der Waals surface area contributed by atoms with Gasteiger partial charge in [-0.05, 0) is 54.0 Å². The van der Waals surface area contributed by atoms with Crippen molar-refractivity contribution < 1.29 is 30.6 Å². The Hall–Kier alpha value is -1.15. The van der Waals surface area contributed by atoms with Gasteiger partial charge in [-0.25, -0.2) is 12.8 Å². The van der Waals surface area contributed by atoms with Gasteiger partial charge in [0.2, 0.25) is 0 Å². The van der Waals surface area contributed by atoms with Gasteiger partial charge in [0, 0.05) is 12.1 Å². The molecule has 0 radical (unpaired) electrons. The van der Waals surface area contributed by atoms with E-state index < -0.39 is 15.6 Å². The second-order valence-electron chi connectivity index (χ2n) is 7.26. The zero-order chi connectivity index (χ0) is 18.9. The molecule has 8 heteroatoms. The maximum absolute atomic E-state index is 10.7. The van der Waals surface area contributed by atoms with Gasteiger partial charge in [-0.3, -0.25) is 0 Å². The molecule has 0 aliphatic rings. The molecule has 1 heterocycles. The van der Waals surface area contributed by atoms with Gasteiger partial charge in [-0.15, -0.1) is 0 Å². The maximum atomic E-state index is 10.7. The highest BCUT2D eigenvalue weighted by molar-refractivity contribution is 7.86. The second-order valence-corrected chi connectivity index (χ2v) is 8.63. The summed E-state index contributed by atoms with van der Waals surface area (Å²) in [5.74, 6) is 2.12. The first-order valence-electron chi connectivity index (χ1n) is 6.83. The molecule has 4 nitrogen and oxygen atoms in total. The van der Waals surface area contributed by atoms with E-state index in [1.54, 1.807) is 0 Å².